The van der Waals surface area contributed by atoms with Gasteiger partial charge in [0, 0.05) is 24.2 Å². The van der Waals surface area contributed by atoms with Crippen molar-refractivity contribution in [3.8, 4) is 16.9 Å². The van der Waals surface area contributed by atoms with E-state index in [4.69, 9.17) is 4.74 Å². The molecule has 0 radical (unpaired) electrons. The van der Waals surface area contributed by atoms with Crippen molar-refractivity contribution in [3.05, 3.63) is 53.8 Å². The van der Waals surface area contributed by atoms with Gasteiger partial charge in [-0.3, -0.25) is 9.69 Å². The van der Waals surface area contributed by atoms with Crippen LogP contribution in [0.5, 0.6) is 5.75 Å². The second-order valence-corrected chi connectivity index (χ2v) is 9.03. The lowest BCUT2D eigenvalue weighted by atomic mass is 9.86. The van der Waals surface area contributed by atoms with Crippen molar-refractivity contribution in [2.24, 2.45) is 11.8 Å². The Hall–Kier alpha value is -2.40. The number of halogens is 1. The average Bonchev–Trinajstić information content (AvgIpc) is 3.25. The van der Waals surface area contributed by atoms with E-state index in [2.05, 4.69) is 6.92 Å². The summed E-state index contributed by atoms with van der Waals surface area (Å²) in [6.45, 7) is 3.86. The molecule has 2 fully saturated rings. The largest absolute Gasteiger partial charge is 0.490 e. The molecule has 166 valence electrons. The summed E-state index contributed by atoms with van der Waals surface area (Å²) in [5.41, 5.74) is 2.00. The second kappa shape index (κ2) is 9.82. The number of hydrogen-bond donors (Lipinski definition) is 1. The minimum absolute atomic E-state index is 0.229. The molecule has 2 aromatic rings. The first-order valence-electron chi connectivity index (χ1n) is 11.5. The van der Waals surface area contributed by atoms with Gasteiger partial charge >= 0.3 is 5.97 Å². The minimum atomic E-state index is -0.766. The van der Waals surface area contributed by atoms with Crippen LogP contribution in [0.3, 0.4) is 0 Å². The number of ether oxygens (including phenoxy) is 1. The van der Waals surface area contributed by atoms with Crippen LogP contribution in [0.25, 0.3) is 11.1 Å². The summed E-state index contributed by atoms with van der Waals surface area (Å²) < 4.78 is 21.4. The molecule has 2 aliphatic rings. The Morgan fingerprint density at radius 1 is 1.10 bits per heavy atom. The molecule has 1 aliphatic carbocycles. The van der Waals surface area contributed by atoms with Crippen LogP contribution >= 0.6 is 0 Å². The first-order chi connectivity index (χ1) is 15.0. The molecular weight excluding hydrogens is 393 g/mol. The molecule has 1 saturated carbocycles. The molecular formula is C26H32FNO3. The third kappa shape index (κ3) is 5.27. The molecule has 31 heavy (non-hydrogen) atoms. The van der Waals surface area contributed by atoms with Gasteiger partial charge in [0.25, 0.3) is 0 Å². The fraction of sp³-hybridized carbons (Fsp3) is 0.500. The molecule has 1 N–H and O–H groups in total. The fourth-order valence-electron chi connectivity index (χ4n) is 4.91. The van der Waals surface area contributed by atoms with Crippen molar-refractivity contribution in [2.45, 2.75) is 58.1 Å². The zero-order valence-electron chi connectivity index (χ0n) is 18.2. The van der Waals surface area contributed by atoms with Gasteiger partial charge in [-0.2, -0.15) is 0 Å². The van der Waals surface area contributed by atoms with Crippen LogP contribution in [0.15, 0.2) is 42.5 Å². The maximum Gasteiger partial charge on any atom is 0.307 e. The number of likely N-dealkylation sites (tertiary alicyclic amines) is 1. The normalized spacial score (nSPS) is 24.3. The first kappa shape index (κ1) is 21.8. The molecule has 1 heterocycles. The fourth-order valence-corrected chi connectivity index (χ4v) is 4.91. The summed E-state index contributed by atoms with van der Waals surface area (Å²) in [7, 11) is 0. The molecule has 1 aliphatic heterocycles. The predicted octanol–water partition coefficient (Wildman–Crippen LogP) is 5.75. The van der Waals surface area contributed by atoms with Gasteiger partial charge in [-0.15, -0.1) is 0 Å². The van der Waals surface area contributed by atoms with Gasteiger partial charge < -0.3 is 9.84 Å². The number of carbonyl (C=O) groups is 1. The summed E-state index contributed by atoms with van der Waals surface area (Å²) in [5, 5.41) is 9.18. The molecule has 0 amide bonds. The highest BCUT2D eigenvalue weighted by Gasteiger charge is 2.28. The maximum atomic E-state index is 15.2. The van der Waals surface area contributed by atoms with Crippen LogP contribution in [0.2, 0.25) is 0 Å². The van der Waals surface area contributed by atoms with E-state index in [1.807, 2.05) is 35.2 Å². The molecule has 4 rings (SSSR count). The molecule has 0 spiro atoms. The summed E-state index contributed by atoms with van der Waals surface area (Å²) in [6.07, 6.45) is 6.85. The number of aliphatic carboxylic acids is 1. The zero-order chi connectivity index (χ0) is 21.8. The maximum absolute atomic E-state index is 15.2. The zero-order valence-corrected chi connectivity index (χ0v) is 18.2. The highest BCUT2D eigenvalue weighted by molar-refractivity contribution is 5.70. The molecule has 0 aromatic heterocycles. The van der Waals surface area contributed by atoms with Crippen LogP contribution < -0.4 is 4.74 Å². The summed E-state index contributed by atoms with van der Waals surface area (Å²) in [6, 6.07) is 13.2. The van der Waals surface area contributed by atoms with E-state index >= 15 is 4.39 Å². The van der Waals surface area contributed by atoms with E-state index in [0.717, 1.165) is 30.1 Å². The monoisotopic (exact) mass is 425 g/mol. The number of carboxylic acid groups (broad SMARTS) is 1. The van der Waals surface area contributed by atoms with Crippen molar-refractivity contribution in [1.82, 2.24) is 4.90 Å². The molecule has 2 aromatic carbocycles. The molecule has 0 bridgehead atoms. The quantitative estimate of drug-likeness (QED) is 0.614. The SMILES string of the molecule is CCC1CCC(Oc2ccc(-c3cccc(CN4CCC(C(=O)O)C4)c3F)cc2)CC1. The van der Waals surface area contributed by atoms with E-state index in [1.54, 1.807) is 12.1 Å². The lowest BCUT2D eigenvalue weighted by Gasteiger charge is -2.28. The van der Waals surface area contributed by atoms with Gasteiger partial charge in [-0.25, -0.2) is 4.39 Å². The third-order valence-corrected chi connectivity index (χ3v) is 6.93. The van der Waals surface area contributed by atoms with Crippen molar-refractivity contribution in [2.75, 3.05) is 13.1 Å². The number of nitrogens with zero attached hydrogens (tertiary/aromatic N) is 1. The Labute approximate surface area is 184 Å². The third-order valence-electron chi connectivity index (χ3n) is 6.93. The predicted molar refractivity (Wildman–Crippen MR) is 120 cm³/mol. The number of benzene rings is 2. The Bertz CT molecular complexity index is 890. The number of carboxylic acids is 1. The lowest BCUT2D eigenvalue weighted by Crippen LogP contribution is -2.23. The van der Waals surface area contributed by atoms with Gasteiger partial charge in [0.1, 0.15) is 11.6 Å². The van der Waals surface area contributed by atoms with Gasteiger partial charge in [-0.05, 0) is 62.3 Å². The van der Waals surface area contributed by atoms with Gasteiger partial charge in [-0.1, -0.05) is 43.7 Å². The van der Waals surface area contributed by atoms with Crippen molar-refractivity contribution in [1.29, 1.82) is 0 Å². The van der Waals surface area contributed by atoms with Gasteiger partial charge in [0.15, 0.2) is 0 Å². The number of hydrogen-bond acceptors (Lipinski definition) is 3. The summed E-state index contributed by atoms with van der Waals surface area (Å²) in [5.74, 6) is 0.339. The Balaban J connectivity index is 1.40. The summed E-state index contributed by atoms with van der Waals surface area (Å²) >= 11 is 0. The van der Waals surface area contributed by atoms with Crippen LogP contribution in [-0.2, 0) is 11.3 Å². The van der Waals surface area contributed by atoms with Crippen LogP contribution in [0.4, 0.5) is 4.39 Å². The van der Waals surface area contributed by atoms with Crippen LogP contribution in [0, 0.1) is 17.7 Å². The van der Waals surface area contributed by atoms with Gasteiger partial charge in [0.05, 0.1) is 12.0 Å². The van der Waals surface area contributed by atoms with E-state index in [9.17, 15) is 9.90 Å². The van der Waals surface area contributed by atoms with E-state index in [1.165, 1.54) is 19.3 Å². The second-order valence-electron chi connectivity index (χ2n) is 9.03. The molecule has 4 nitrogen and oxygen atoms in total. The van der Waals surface area contributed by atoms with Crippen LogP contribution in [-0.4, -0.2) is 35.2 Å². The Kier molecular flexibility index (Phi) is 6.91. The molecule has 5 heteroatoms. The molecule has 1 saturated heterocycles. The first-order valence-corrected chi connectivity index (χ1v) is 11.5. The highest BCUT2D eigenvalue weighted by Crippen LogP contribution is 2.31. The average molecular weight is 426 g/mol. The Morgan fingerprint density at radius 2 is 1.84 bits per heavy atom. The van der Waals surface area contributed by atoms with Crippen molar-refractivity contribution < 1.29 is 19.0 Å². The van der Waals surface area contributed by atoms with E-state index in [0.29, 0.717) is 37.2 Å². The summed E-state index contributed by atoms with van der Waals surface area (Å²) in [4.78, 5) is 13.2. The van der Waals surface area contributed by atoms with Crippen molar-refractivity contribution >= 4 is 5.97 Å². The Morgan fingerprint density at radius 3 is 2.48 bits per heavy atom. The molecule has 1 unspecified atom stereocenters. The topological polar surface area (TPSA) is 49.8 Å². The van der Waals surface area contributed by atoms with Crippen LogP contribution in [0.1, 0.15) is 51.0 Å². The smallest absolute Gasteiger partial charge is 0.307 e. The molecule has 1 atom stereocenters. The standard InChI is InChI=1S/C26H32FNO3/c1-2-18-6-10-22(11-7-18)31-23-12-8-19(9-13-23)24-5-3-4-20(25(24)27)16-28-15-14-21(17-28)26(29)30/h3-5,8-9,12-13,18,21-22H,2,6-7,10-11,14-17H2,1H3,(H,29,30). The van der Waals surface area contributed by atoms with Gasteiger partial charge in [0.2, 0.25) is 0 Å². The van der Waals surface area contributed by atoms with Crippen molar-refractivity contribution in [3.63, 3.8) is 0 Å². The highest BCUT2D eigenvalue weighted by atomic mass is 19.1. The van der Waals surface area contributed by atoms with E-state index < -0.39 is 5.97 Å². The van der Waals surface area contributed by atoms with E-state index in [-0.39, 0.29) is 17.8 Å². The lowest BCUT2D eigenvalue weighted by molar-refractivity contribution is -0.141. The minimum Gasteiger partial charge on any atom is -0.490 e. The number of rotatable bonds is 7.